The molecule has 0 amide bonds. The summed E-state index contributed by atoms with van der Waals surface area (Å²) < 4.78 is 15.2. The van der Waals surface area contributed by atoms with Gasteiger partial charge in [-0.25, -0.2) is 9.37 Å². The van der Waals surface area contributed by atoms with Gasteiger partial charge >= 0.3 is 0 Å². The number of aromatic nitrogens is 2. The number of rotatable bonds is 2. The van der Waals surface area contributed by atoms with Gasteiger partial charge in [0.25, 0.3) is 0 Å². The van der Waals surface area contributed by atoms with Crippen molar-refractivity contribution in [2.24, 2.45) is 0 Å². The monoisotopic (exact) mass is 343 g/mol. The quantitative estimate of drug-likeness (QED) is 0.577. The van der Waals surface area contributed by atoms with Crippen LogP contribution in [0.25, 0.3) is 11.3 Å². The van der Waals surface area contributed by atoms with Crippen molar-refractivity contribution >= 4 is 39.7 Å². The van der Waals surface area contributed by atoms with Crippen molar-refractivity contribution in [3.05, 3.63) is 39.1 Å². The summed E-state index contributed by atoms with van der Waals surface area (Å²) in [5.74, 6) is -0.466. The standard InChI is InChI=1S/C11H8BrClFN5/c12-8-9(6-2-1-5(13)3-7(6)14)18-11(17)19(4-15)10(8)16/h1-4,15,17H,16H2. The van der Waals surface area contributed by atoms with Crippen LogP contribution in [0.5, 0.6) is 0 Å². The fourth-order valence-electron chi connectivity index (χ4n) is 1.54. The van der Waals surface area contributed by atoms with Crippen LogP contribution < -0.4 is 11.4 Å². The van der Waals surface area contributed by atoms with Gasteiger partial charge in [0, 0.05) is 10.6 Å². The predicted molar refractivity (Wildman–Crippen MR) is 74.8 cm³/mol. The van der Waals surface area contributed by atoms with E-state index in [-0.39, 0.29) is 27.7 Å². The number of nitrogens with one attached hydrogen (secondary N) is 2. The lowest BCUT2D eigenvalue weighted by atomic mass is 10.1. The highest BCUT2D eigenvalue weighted by Crippen LogP contribution is 2.31. The lowest BCUT2D eigenvalue weighted by molar-refractivity contribution is 0.630. The van der Waals surface area contributed by atoms with Gasteiger partial charge in [0.05, 0.1) is 16.5 Å². The van der Waals surface area contributed by atoms with E-state index in [4.69, 9.17) is 28.2 Å². The molecule has 0 radical (unpaired) electrons. The zero-order valence-electron chi connectivity index (χ0n) is 9.42. The molecule has 0 aliphatic heterocycles. The van der Waals surface area contributed by atoms with Crippen LogP contribution in [-0.4, -0.2) is 15.9 Å². The predicted octanol–water partition coefficient (Wildman–Crippen LogP) is 2.62. The number of nitrogens with two attached hydrogens (primary N) is 1. The third-order valence-electron chi connectivity index (χ3n) is 2.45. The maximum absolute atomic E-state index is 13.9. The Bertz CT molecular complexity index is 728. The van der Waals surface area contributed by atoms with Crippen molar-refractivity contribution in [2.75, 3.05) is 5.73 Å². The number of hydrogen-bond donors (Lipinski definition) is 3. The minimum absolute atomic E-state index is 0.0966. The third kappa shape index (κ3) is 2.39. The van der Waals surface area contributed by atoms with Crippen molar-refractivity contribution in [3.8, 4) is 11.3 Å². The van der Waals surface area contributed by atoms with E-state index in [9.17, 15) is 4.39 Å². The number of hydrogen-bond acceptors (Lipinski definition) is 4. The van der Waals surface area contributed by atoms with Gasteiger partial charge in [0.2, 0.25) is 5.62 Å². The molecule has 0 atom stereocenters. The minimum atomic E-state index is -0.563. The van der Waals surface area contributed by atoms with Gasteiger partial charge in [0.1, 0.15) is 11.6 Å². The van der Waals surface area contributed by atoms with E-state index in [1.165, 1.54) is 12.1 Å². The van der Waals surface area contributed by atoms with Crippen molar-refractivity contribution in [2.45, 2.75) is 0 Å². The maximum atomic E-state index is 13.9. The van der Waals surface area contributed by atoms with Crippen molar-refractivity contribution < 1.29 is 4.39 Å². The first-order valence-corrected chi connectivity index (χ1v) is 6.21. The molecular weight excluding hydrogens is 337 g/mol. The molecule has 0 aliphatic rings. The molecule has 2 rings (SSSR count). The minimum Gasteiger partial charge on any atom is -0.384 e. The Labute approximate surface area is 121 Å². The van der Waals surface area contributed by atoms with Crippen molar-refractivity contribution in [3.63, 3.8) is 0 Å². The summed E-state index contributed by atoms with van der Waals surface area (Å²) in [4.78, 5) is 3.93. The average molecular weight is 345 g/mol. The Morgan fingerprint density at radius 3 is 2.74 bits per heavy atom. The summed E-state index contributed by atoms with van der Waals surface area (Å²) in [6.45, 7) is 0. The van der Waals surface area contributed by atoms with Gasteiger partial charge < -0.3 is 5.73 Å². The highest BCUT2D eigenvalue weighted by Gasteiger charge is 2.15. The number of benzene rings is 1. The van der Waals surface area contributed by atoms with Crippen LogP contribution in [0.2, 0.25) is 5.02 Å². The summed E-state index contributed by atoms with van der Waals surface area (Å²) in [7, 11) is 0. The molecule has 98 valence electrons. The zero-order chi connectivity index (χ0) is 14.2. The van der Waals surface area contributed by atoms with Crippen molar-refractivity contribution in [1.82, 2.24) is 9.55 Å². The van der Waals surface area contributed by atoms with E-state index >= 15 is 0 Å². The Balaban J connectivity index is 2.77. The number of nitrogens with zero attached hydrogens (tertiary/aromatic N) is 2. The summed E-state index contributed by atoms with van der Waals surface area (Å²) in [6, 6.07) is 4.13. The van der Waals surface area contributed by atoms with Gasteiger partial charge in [0.15, 0.2) is 0 Å². The molecule has 0 saturated heterocycles. The second-order valence-corrected chi connectivity index (χ2v) is 4.84. The molecule has 5 nitrogen and oxygen atoms in total. The smallest absolute Gasteiger partial charge is 0.229 e. The number of halogens is 3. The molecule has 1 heterocycles. The summed E-state index contributed by atoms with van der Waals surface area (Å²) in [5, 5.41) is 15.1. The Morgan fingerprint density at radius 2 is 2.16 bits per heavy atom. The van der Waals surface area contributed by atoms with Crippen LogP contribution in [0.1, 0.15) is 0 Å². The number of nitrogen functional groups attached to an aromatic ring is 1. The molecule has 19 heavy (non-hydrogen) atoms. The fourth-order valence-corrected chi connectivity index (χ4v) is 2.19. The largest absolute Gasteiger partial charge is 0.384 e. The van der Waals surface area contributed by atoms with Gasteiger partial charge in [-0.15, -0.1) is 0 Å². The number of anilines is 1. The first-order chi connectivity index (χ1) is 8.95. The van der Waals surface area contributed by atoms with Gasteiger partial charge in [-0.05, 0) is 34.1 Å². The molecule has 4 N–H and O–H groups in total. The molecule has 0 saturated carbocycles. The van der Waals surface area contributed by atoms with Crippen molar-refractivity contribution in [1.29, 1.82) is 10.8 Å². The zero-order valence-corrected chi connectivity index (χ0v) is 11.8. The van der Waals surface area contributed by atoms with Crippen LogP contribution >= 0.6 is 27.5 Å². The topological polar surface area (TPSA) is 91.5 Å². The first kappa shape index (κ1) is 13.7. The Morgan fingerprint density at radius 1 is 1.47 bits per heavy atom. The van der Waals surface area contributed by atoms with E-state index in [0.717, 1.165) is 17.0 Å². The lowest BCUT2D eigenvalue weighted by Gasteiger charge is -2.11. The summed E-state index contributed by atoms with van der Waals surface area (Å²) in [6.07, 6.45) is 0.859. The molecule has 1 aromatic carbocycles. The maximum Gasteiger partial charge on any atom is 0.229 e. The lowest BCUT2D eigenvalue weighted by Crippen LogP contribution is -2.26. The van der Waals surface area contributed by atoms with Crippen LogP contribution in [0.4, 0.5) is 10.2 Å². The second-order valence-electron chi connectivity index (χ2n) is 3.61. The molecule has 0 unspecified atom stereocenters. The third-order valence-corrected chi connectivity index (χ3v) is 3.47. The molecule has 0 aliphatic carbocycles. The average Bonchev–Trinajstić information content (AvgIpc) is 2.35. The summed E-state index contributed by atoms with van der Waals surface area (Å²) in [5.41, 5.74) is 5.87. The van der Waals surface area contributed by atoms with Crippen LogP contribution in [0, 0.1) is 16.6 Å². The van der Waals surface area contributed by atoms with Crippen LogP contribution in [0.3, 0.4) is 0 Å². The highest BCUT2D eigenvalue weighted by molar-refractivity contribution is 9.10. The molecular formula is C11H8BrClFN5. The molecule has 2 aromatic rings. The molecule has 0 bridgehead atoms. The Kier molecular flexibility index (Phi) is 3.68. The van der Waals surface area contributed by atoms with E-state index in [1.54, 1.807) is 0 Å². The van der Waals surface area contributed by atoms with E-state index < -0.39 is 5.82 Å². The van der Waals surface area contributed by atoms with Gasteiger partial charge in [-0.2, -0.15) is 0 Å². The van der Waals surface area contributed by atoms with Gasteiger partial charge in [-0.1, -0.05) is 11.6 Å². The Hall–Kier alpha value is -1.73. The van der Waals surface area contributed by atoms with Gasteiger partial charge in [-0.3, -0.25) is 15.4 Å². The van der Waals surface area contributed by atoms with E-state index in [0.29, 0.717) is 4.47 Å². The molecule has 1 aromatic heterocycles. The van der Waals surface area contributed by atoms with E-state index in [2.05, 4.69) is 20.9 Å². The van der Waals surface area contributed by atoms with Crippen LogP contribution in [0.15, 0.2) is 22.7 Å². The molecule has 0 fully saturated rings. The molecule has 0 spiro atoms. The van der Waals surface area contributed by atoms with E-state index in [1.807, 2.05) is 0 Å². The van der Waals surface area contributed by atoms with Crippen LogP contribution in [-0.2, 0) is 0 Å². The SMILES string of the molecule is N=Cn1c(N)c(Br)c(-c2ccc(Cl)cc2F)nc1=N. The molecule has 8 heteroatoms. The summed E-state index contributed by atoms with van der Waals surface area (Å²) >= 11 is 8.89. The normalized spacial score (nSPS) is 10.5. The second kappa shape index (κ2) is 5.10. The highest BCUT2D eigenvalue weighted by atomic mass is 79.9. The fraction of sp³-hybridized carbons (Fsp3) is 0. The first-order valence-electron chi connectivity index (χ1n) is 5.03.